The van der Waals surface area contributed by atoms with Gasteiger partial charge >= 0.3 is 15.6 Å². The lowest BCUT2D eigenvalue weighted by Gasteiger charge is -2.43. The SMILES string of the molecule is CC(C)(C)[Si](OC[C@H]1[C@@H]2C=C(OS(=O)(=O)C(F)(F)F)C[C@@H]21)(c1ccccc1)c1ccccc1. The van der Waals surface area contributed by atoms with Crippen molar-refractivity contribution >= 4 is 28.8 Å². The summed E-state index contributed by atoms with van der Waals surface area (Å²) in [5.41, 5.74) is -5.42. The third kappa shape index (κ3) is 4.38. The summed E-state index contributed by atoms with van der Waals surface area (Å²) in [5.74, 6) is 0.0277. The normalized spacial score (nSPS) is 23.1. The van der Waals surface area contributed by atoms with Crippen molar-refractivity contribution in [1.29, 1.82) is 0 Å². The van der Waals surface area contributed by atoms with Crippen LogP contribution in [-0.2, 0) is 18.7 Å². The number of benzene rings is 2. The van der Waals surface area contributed by atoms with Crippen LogP contribution in [0.5, 0.6) is 0 Å². The molecule has 0 unspecified atom stereocenters. The van der Waals surface area contributed by atoms with Crippen LogP contribution in [0.1, 0.15) is 27.2 Å². The molecule has 0 bridgehead atoms. The highest BCUT2D eigenvalue weighted by atomic mass is 32.2. The van der Waals surface area contributed by atoms with Crippen LogP contribution in [0.25, 0.3) is 0 Å². The molecule has 3 atom stereocenters. The van der Waals surface area contributed by atoms with E-state index in [2.05, 4.69) is 49.2 Å². The minimum atomic E-state index is -5.62. The molecule has 2 aliphatic carbocycles. The minimum absolute atomic E-state index is 0.0263. The largest absolute Gasteiger partial charge is 0.534 e. The lowest BCUT2D eigenvalue weighted by Crippen LogP contribution is -2.66. The van der Waals surface area contributed by atoms with Gasteiger partial charge in [-0.3, -0.25) is 0 Å². The van der Waals surface area contributed by atoms with Gasteiger partial charge in [0.25, 0.3) is 8.32 Å². The second-order valence-electron chi connectivity index (χ2n) is 9.70. The third-order valence-corrected chi connectivity index (χ3v) is 12.6. The molecule has 0 radical (unpaired) electrons. The fourth-order valence-electron chi connectivity index (χ4n) is 4.99. The Bertz CT molecular complexity index is 1090. The predicted molar refractivity (Wildman–Crippen MR) is 123 cm³/mol. The van der Waals surface area contributed by atoms with Crippen molar-refractivity contribution in [1.82, 2.24) is 0 Å². The Morgan fingerprint density at radius 3 is 1.85 bits per heavy atom. The summed E-state index contributed by atoms with van der Waals surface area (Å²) < 4.78 is 71.6. The first-order valence-electron chi connectivity index (χ1n) is 10.8. The molecule has 0 saturated heterocycles. The summed E-state index contributed by atoms with van der Waals surface area (Å²) in [6.45, 7) is 7.00. The molecule has 0 aromatic heterocycles. The molecule has 0 aliphatic heterocycles. The zero-order valence-corrected chi connectivity index (χ0v) is 20.5. The highest BCUT2D eigenvalue weighted by molar-refractivity contribution is 7.87. The number of hydrogen-bond acceptors (Lipinski definition) is 4. The highest BCUT2D eigenvalue weighted by Crippen LogP contribution is 2.57. The van der Waals surface area contributed by atoms with Gasteiger partial charge in [-0.1, -0.05) is 81.4 Å². The topological polar surface area (TPSA) is 52.6 Å². The standard InChI is InChI=1S/C24H27F3O4SSi/c1-23(2,3)33(18-10-6-4-7-11-18,19-12-8-5-9-13-19)30-16-22-20-14-17(15-21(20)22)31-32(28,29)24(25,26)27/h4-14,20-22H,15-16H2,1-3H3/t20-,21+,22+/m1/s1. The van der Waals surface area contributed by atoms with E-state index in [1.54, 1.807) is 0 Å². The first-order valence-corrected chi connectivity index (χ1v) is 14.1. The van der Waals surface area contributed by atoms with E-state index >= 15 is 0 Å². The van der Waals surface area contributed by atoms with E-state index < -0.39 is 23.9 Å². The summed E-state index contributed by atoms with van der Waals surface area (Å²) in [6, 6.07) is 20.4. The molecule has 9 heteroatoms. The van der Waals surface area contributed by atoms with Crippen LogP contribution in [0.4, 0.5) is 13.2 Å². The van der Waals surface area contributed by atoms with Crippen LogP contribution in [-0.4, -0.2) is 28.9 Å². The molecule has 4 nitrogen and oxygen atoms in total. The quantitative estimate of drug-likeness (QED) is 0.320. The molecular formula is C24H27F3O4SSi. The Kier molecular flexibility index (Phi) is 6.03. The highest BCUT2D eigenvalue weighted by Gasteiger charge is 2.58. The van der Waals surface area contributed by atoms with Gasteiger partial charge in [0.05, 0.1) is 0 Å². The van der Waals surface area contributed by atoms with E-state index in [-0.39, 0.29) is 35.0 Å². The van der Waals surface area contributed by atoms with Gasteiger partial charge in [0.1, 0.15) is 5.76 Å². The van der Waals surface area contributed by atoms with Crippen LogP contribution < -0.4 is 10.4 Å². The Balaban J connectivity index is 1.55. The summed E-state index contributed by atoms with van der Waals surface area (Å²) in [6.07, 6.45) is 1.70. The molecule has 0 heterocycles. The van der Waals surface area contributed by atoms with Crippen molar-refractivity contribution in [3.8, 4) is 0 Å². The number of fused-ring (bicyclic) bond motifs is 1. The zero-order chi connectivity index (χ0) is 24.1. The fourth-order valence-corrected chi connectivity index (χ4v) is 10.1. The van der Waals surface area contributed by atoms with E-state index in [9.17, 15) is 21.6 Å². The van der Waals surface area contributed by atoms with Gasteiger partial charge in [0.2, 0.25) is 0 Å². The molecule has 0 spiro atoms. The van der Waals surface area contributed by atoms with Crippen LogP contribution in [0.15, 0.2) is 72.5 Å². The summed E-state index contributed by atoms with van der Waals surface area (Å²) in [4.78, 5) is 0. The molecule has 2 aromatic carbocycles. The average Bonchev–Trinajstić information content (AvgIpc) is 3.19. The Hall–Kier alpha value is -2.10. The van der Waals surface area contributed by atoms with E-state index in [1.807, 2.05) is 36.4 Å². The Morgan fingerprint density at radius 2 is 1.45 bits per heavy atom. The van der Waals surface area contributed by atoms with Crippen molar-refractivity contribution in [3.63, 3.8) is 0 Å². The lowest BCUT2D eigenvalue weighted by molar-refractivity contribution is -0.0523. The second kappa shape index (κ2) is 8.28. The van der Waals surface area contributed by atoms with Crippen molar-refractivity contribution in [2.45, 2.75) is 37.7 Å². The summed E-state index contributed by atoms with van der Waals surface area (Å²) in [7, 11) is -8.32. The van der Waals surface area contributed by atoms with Crippen molar-refractivity contribution in [2.75, 3.05) is 6.61 Å². The molecule has 178 valence electrons. The minimum Gasteiger partial charge on any atom is -0.407 e. The van der Waals surface area contributed by atoms with E-state index in [0.29, 0.717) is 6.61 Å². The van der Waals surface area contributed by atoms with Gasteiger partial charge in [-0.05, 0) is 39.2 Å². The number of alkyl halides is 3. The summed E-state index contributed by atoms with van der Waals surface area (Å²) in [5, 5.41) is 2.14. The maximum atomic E-state index is 12.6. The third-order valence-electron chi connectivity index (χ3n) is 6.62. The molecular weight excluding hydrogens is 469 g/mol. The molecule has 33 heavy (non-hydrogen) atoms. The molecule has 0 amide bonds. The Morgan fingerprint density at radius 1 is 0.939 bits per heavy atom. The monoisotopic (exact) mass is 496 g/mol. The smallest absolute Gasteiger partial charge is 0.407 e. The van der Waals surface area contributed by atoms with Gasteiger partial charge in [-0.2, -0.15) is 21.6 Å². The maximum absolute atomic E-state index is 12.6. The van der Waals surface area contributed by atoms with Crippen molar-refractivity contribution in [3.05, 3.63) is 72.5 Å². The van der Waals surface area contributed by atoms with E-state index in [0.717, 1.165) is 10.4 Å². The summed E-state index contributed by atoms with van der Waals surface area (Å²) >= 11 is 0. The van der Waals surface area contributed by atoms with Crippen LogP contribution in [0, 0.1) is 17.8 Å². The van der Waals surface area contributed by atoms with Crippen LogP contribution in [0.3, 0.4) is 0 Å². The van der Waals surface area contributed by atoms with Gasteiger partial charge in [0, 0.05) is 13.0 Å². The molecule has 2 aliphatic rings. The average molecular weight is 497 g/mol. The molecule has 0 N–H and O–H groups in total. The first-order chi connectivity index (χ1) is 15.4. The number of allylic oxidation sites excluding steroid dienone is 2. The number of halogens is 3. The molecule has 1 saturated carbocycles. The molecule has 2 aromatic rings. The van der Waals surface area contributed by atoms with Gasteiger partial charge < -0.3 is 8.61 Å². The number of hydrogen-bond donors (Lipinski definition) is 0. The van der Waals surface area contributed by atoms with Crippen molar-refractivity contribution in [2.24, 2.45) is 17.8 Å². The van der Waals surface area contributed by atoms with Gasteiger partial charge in [-0.25, -0.2) is 0 Å². The second-order valence-corrected chi connectivity index (χ2v) is 15.5. The Labute approximate surface area is 193 Å². The lowest BCUT2D eigenvalue weighted by atomic mass is 10.2. The fraction of sp³-hybridized carbons (Fsp3) is 0.417. The predicted octanol–water partition coefficient (Wildman–Crippen LogP) is 4.58. The zero-order valence-electron chi connectivity index (χ0n) is 18.7. The molecule has 4 rings (SSSR count). The van der Waals surface area contributed by atoms with Crippen LogP contribution >= 0.6 is 0 Å². The van der Waals surface area contributed by atoms with Crippen LogP contribution in [0.2, 0.25) is 5.04 Å². The van der Waals surface area contributed by atoms with E-state index in [4.69, 9.17) is 4.43 Å². The van der Waals surface area contributed by atoms with Gasteiger partial charge in [0.15, 0.2) is 0 Å². The van der Waals surface area contributed by atoms with Crippen molar-refractivity contribution < 1.29 is 30.2 Å². The van der Waals surface area contributed by atoms with Gasteiger partial charge in [-0.15, -0.1) is 0 Å². The van der Waals surface area contributed by atoms with E-state index in [1.165, 1.54) is 6.08 Å². The molecule has 1 fully saturated rings. The number of rotatable bonds is 7. The maximum Gasteiger partial charge on any atom is 0.534 e. The first kappa shape index (κ1) is 24.0.